The quantitative estimate of drug-likeness (QED) is 0.764. The molecule has 0 aliphatic heterocycles. The first kappa shape index (κ1) is 9.03. The van der Waals surface area contributed by atoms with E-state index in [1.54, 1.807) is 0 Å². The first-order valence-corrected chi connectivity index (χ1v) is 4.71. The lowest BCUT2D eigenvalue weighted by molar-refractivity contribution is 0.747. The van der Waals surface area contributed by atoms with Gasteiger partial charge in [-0.25, -0.2) is 0 Å². The summed E-state index contributed by atoms with van der Waals surface area (Å²) in [7, 11) is 2.01. The third kappa shape index (κ3) is 1.56. The molecule has 14 heavy (non-hydrogen) atoms. The van der Waals surface area contributed by atoms with Crippen LogP contribution < -0.4 is 5.73 Å². The van der Waals surface area contributed by atoms with Crippen molar-refractivity contribution in [2.24, 2.45) is 12.8 Å². The van der Waals surface area contributed by atoms with Crippen molar-refractivity contribution < 1.29 is 0 Å². The highest BCUT2D eigenvalue weighted by Crippen LogP contribution is 2.18. The van der Waals surface area contributed by atoms with E-state index in [-0.39, 0.29) is 6.04 Å². The number of aromatic nitrogens is 1. The van der Waals surface area contributed by atoms with Gasteiger partial charge in [0.15, 0.2) is 0 Å². The van der Waals surface area contributed by atoms with Gasteiger partial charge < -0.3 is 10.3 Å². The molecule has 2 rings (SSSR count). The van der Waals surface area contributed by atoms with E-state index in [1.807, 2.05) is 37.5 Å². The maximum absolute atomic E-state index is 6.14. The van der Waals surface area contributed by atoms with Crippen LogP contribution in [0.15, 0.2) is 48.7 Å². The Morgan fingerprint density at radius 1 is 1.07 bits per heavy atom. The molecule has 2 aromatic rings. The van der Waals surface area contributed by atoms with Crippen molar-refractivity contribution in [3.8, 4) is 0 Å². The molecule has 1 aromatic heterocycles. The van der Waals surface area contributed by atoms with E-state index in [9.17, 15) is 0 Å². The second-order valence-corrected chi connectivity index (χ2v) is 3.43. The molecule has 72 valence electrons. The summed E-state index contributed by atoms with van der Waals surface area (Å²) in [5.74, 6) is 0. The minimum atomic E-state index is -0.0313. The van der Waals surface area contributed by atoms with Gasteiger partial charge in [0, 0.05) is 18.9 Å². The van der Waals surface area contributed by atoms with Gasteiger partial charge in [-0.15, -0.1) is 0 Å². The number of hydrogen-bond acceptors (Lipinski definition) is 1. The molecule has 2 nitrogen and oxygen atoms in total. The zero-order valence-corrected chi connectivity index (χ0v) is 8.22. The van der Waals surface area contributed by atoms with Gasteiger partial charge in [-0.2, -0.15) is 0 Å². The normalized spacial score (nSPS) is 12.7. The van der Waals surface area contributed by atoms with Crippen LogP contribution in [0.25, 0.3) is 0 Å². The van der Waals surface area contributed by atoms with E-state index >= 15 is 0 Å². The summed E-state index contributed by atoms with van der Waals surface area (Å²) in [4.78, 5) is 0. The number of nitrogens with two attached hydrogens (primary N) is 1. The first-order chi connectivity index (χ1) is 6.79. The summed E-state index contributed by atoms with van der Waals surface area (Å²) in [6.07, 6.45) is 2.01. The van der Waals surface area contributed by atoms with Crippen LogP contribution >= 0.6 is 0 Å². The van der Waals surface area contributed by atoms with Crippen molar-refractivity contribution in [2.75, 3.05) is 0 Å². The Bertz CT molecular complexity index is 403. The van der Waals surface area contributed by atoms with Gasteiger partial charge in [0.1, 0.15) is 0 Å². The van der Waals surface area contributed by atoms with Gasteiger partial charge in [-0.1, -0.05) is 30.3 Å². The summed E-state index contributed by atoms with van der Waals surface area (Å²) in [6.45, 7) is 0. The smallest absolute Gasteiger partial charge is 0.0706 e. The predicted molar refractivity (Wildman–Crippen MR) is 57.9 cm³/mol. The predicted octanol–water partition coefficient (Wildman–Crippen LogP) is 2.07. The maximum Gasteiger partial charge on any atom is 0.0706 e. The van der Waals surface area contributed by atoms with Gasteiger partial charge in [-0.05, 0) is 17.7 Å². The summed E-state index contributed by atoms with van der Waals surface area (Å²) >= 11 is 0. The Morgan fingerprint density at radius 2 is 1.79 bits per heavy atom. The van der Waals surface area contributed by atoms with E-state index in [0.717, 1.165) is 11.3 Å². The zero-order valence-electron chi connectivity index (χ0n) is 8.22. The summed E-state index contributed by atoms with van der Waals surface area (Å²) in [5.41, 5.74) is 8.42. The molecule has 0 unspecified atom stereocenters. The van der Waals surface area contributed by atoms with Crippen molar-refractivity contribution in [1.29, 1.82) is 0 Å². The summed E-state index contributed by atoms with van der Waals surface area (Å²) in [6, 6.07) is 14.2. The second kappa shape index (κ2) is 3.68. The number of nitrogens with zero attached hydrogens (tertiary/aromatic N) is 1. The van der Waals surface area contributed by atoms with Crippen LogP contribution in [0.5, 0.6) is 0 Å². The molecule has 0 amide bonds. The van der Waals surface area contributed by atoms with Crippen molar-refractivity contribution in [3.63, 3.8) is 0 Å². The minimum Gasteiger partial charge on any atom is -0.353 e. The molecule has 0 fully saturated rings. The molecule has 2 heteroatoms. The first-order valence-electron chi connectivity index (χ1n) is 4.71. The molecule has 0 radical (unpaired) electrons. The molecule has 0 aliphatic carbocycles. The molecule has 0 saturated carbocycles. The largest absolute Gasteiger partial charge is 0.353 e. The maximum atomic E-state index is 6.14. The Labute approximate surface area is 84.0 Å². The molecule has 2 N–H and O–H groups in total. The van der Waals surface area contributed by atoms with Crippen LogP contribution in [-0.2, 0) is 7.05 Å². The summed E-state index contributed by atoms with van der Waals surface area (Å²) in [5, 5.41) is 0. The molecule has 1 aromatic carbocycles. The molecular weight excluding hydrogens is 172 g/mol. The number of hydrogen-bond donors (Lipinski definition) is 1. The fraction of sp³-hybridized carbons (Fsp3) is 0.167. The third-order valence-electron chi connectivity index (χ3n) is 2.46. The monoisotopic (exact) mass is 186 g/mol. The van der Waals surface area contributed by atoms with Gasteiger partial charge in [0.2, 0.25) is 0 Å². The van der Waals surface area contributed by atoms with Gasteiger partial charge in [0.05, 0.1) is 6.04 Å². The molecular formula is C12H14N2. The molecule has 0 saturated heterocycles. The topological polar surface area (TPSA) is 30.9 Å². The van der Waals surface area contributed by atoms with Gasteiger partial charge >= 0.3 is 0 Å². The van der Waals surface area contributed by atoms with E-state index in [2.05, 4.69) is 22.8 Å². The van der Waals surface area contributed by atoms with Crippen LogP contribution in [-0.4, -0.2) is 4.57 Å². The van der Waals surface area contributed by atoms with Crippen molar-refractivity contribution in [1.82, 2.24) is 4.57 Å². The second-order valence-electron chi connectivity index (χ2n) is 3.43. The van der Waals surface area contributed by atoms with Crippen LogP contribution in [0.3, 0.4) is 0 Å². The van der Waals surface area contributed by atoms with E-state index in [1.165, 1.54) is 0 Å². The standard InChI is InChI=1S/C12H14N2/c1-14-9-5-8-11(14)12(13)10-6-3-2-4-7-10/h2-9,12H,13H2,1H3/t12-/m0/s1. The minimum absolute atomic E-state index is 0.0313. The highest BCUT2D eigenvalue weighted by atomic mass is 14.9. The Kier molecular flexibility index (Phi) is 2.37. The SMILES string of the molecule is Cn1cccc1[C@@H](N)c1ccccc1. The third-order valence-corrected chi connectivity index (χ3v) is 2.46. The lowest BCUT2D eigenvalue weighted by Crippen LogP contribution is -2.14. The van der Waals surface area contributed by atoms with E-state index in [0.29, 0.717) is 0 Å². The lowest BCUT2D eigenvalue weighted by atomic mass is 10.1. The Hall–Kier alpha value is -1.54. The average Bonchev–Trinajstić information content (AvgIpc) is 2.65. The van der Waals surface area contributed by atoms with Crippen LogP contribution in [0.4, 0.5) is 0 Å². The fourth-order valence-corrected chi connectivity index (χ4v) is 1.63. The van der Waals surface area contributed by atoms with E-state index < -0.39 is 0 Å². The Morgan fingerprint density at radius 3 is 2.36 bits per heavy atom. The van der Waals surface area contributed by atoms with Gasteiger partial charge in [0.25, 0.3) is 0 Å². The Balaban J connectivity index is 2.34. The summed E-state index contributed by atoms with van der Waals surface area (Å²) < 4.78 is 2.05. The van der Waals surface area contributed by atoms with Gasteiger partial charge in [-0.3, -0.25) is 0 Å². The van der Waals surface area contributed by atoms with Crippen molar-refractivity contribution in [2.45, 2.75) is 6.04 Å². The molecule has 0 bridgehead atoms. The van der Waals surface area contributed by atoms with Crippen LogP contribution in [0, 0.1) is 0 Å². The molecule has 0 spiro atoms. The molecule has 1 atom stereocenters. The van der Waals surface area contributed by atoms with Crippen molar-refractivity contribution in [3.05, 3.63) is 59.9 Å². The number of benzene rings is 1. The fourth-order valence-electron chi connectivity index (χ4n) is 1.63. The molecule has 0 aliphatic rings. The average molecular weight is 186 g/mol. The van der Waals surface area contributed by atoms with E-state index in [4.69, 9.17) is 5.73 Å². The number of aryl methyl sites for hydroxylation is 1. The van der Waals surface area contributed by atoms with Crippen LogP contribution in [0.2, 0.25) is 0 Å². The highest BCUT2D eigenvalue weighted by Gasteiger charge is 2.10. The van der Waals surface area contributed by atoms with Crippen LogP contribution in [0.1, 0.15) is 17.3 Å². The lowest BCUT2D eigenvalue weighted by Gasteiger charge is -2.12. The molecule has 1 heterocycles. The van der Waals surface area contributed by atoms with Crippen molar-refractivity contribution >= 4 is 0 Å². The zero-order chi connectivity index (χ0) is 9.97. The highest BCUT2D eigenvalue weighted by molar-refractivity contribution is 5.27. The number of rotatable bonds is 2.